The Balaban J connectivity index is 2.75. The maximum absolute atomic E-state index is 11.4. The molecular formula is C11H14N2O4. The fourth-order valence-corrected chi connectivity index (χ4v) is 1.27. The summed E-state index contributed by atoms with van der Waals surface area (Å²) in [6, 6.07) is 3.86. The quantitative estimate of drug-likeness (QED) is 0.566. The number of hydrogen-bond donors (Lipinski definition) is 4. The molecule has 1 aromatic carbocycles. The smallest absolute Gasteiger partial charge is 0.339 e. The number of phenols is 1. The van der Waals surface area contributed by atoms with E-state index in [1.807, 2.05) is 0 Å². The molecule has 0 aliphatic rings. The van der Waals surface area contributed by atoms with Crippen molar-refractivity contribution in [2.24, 2.45) is 5.73 Å². The zero-order valence-electron chi connectivity index (χ0n) is 9.14. The highest BCUT2D eigenvalue weighted by Gasteiger charge is 2.11. The van der Waals surface area contributed by atoms with Crippen LogP contribution in [0.25, 0.3) is 0 Å². The van der Waals surface area contributed by atoms with Crippen LogP contribution in [-0.4, -0.2) is 28.6 Å². The second-order valence-corrected chi connectivity index (χ2v) is 3.48. The van der Waals surface area contributed by atoms with Gasteiger partial charge in [-0.25, -0.2) is 4.79 Å². The largest absolute Gasteiger partial charge is 0.507 e. The van der Waals surface area contributed by atoms with E-state index in [1.165, 1.54) is 18.2 Å². The van der Waals surface area contributed by atoms with Crippen LogP contribution in [0.1, 0.15) is 23.2 Å². The molecule has 0 fully saturated rings. The lowest BCUT2D eigenvalue weighted by atomic mass is 10.1. The summed E-state index contributed by atoms with van der Waals surface area (Å²) in [4.78, 5) is 22.1. The van der Waals surface area contributed by atoms with Gasteiger partial charge in [-0.1, -0.05) is 0 Å². The summed E-state index contributed by atoms with van der Waals surface area (Å²) in [7, 11) is 0. The summed E-state index contributed by atoms with van der Waals surface area (Å²) in [5, 5.41) is 20.6. The van der Waals surface area contributed by atoms with Gasteiger partial charge in [-0.2, -0.15) is 0 Å². The van der Waals surface area contributed by atoms with Gasteiger partial charge in [0.1, 0.15) is 11.3 Å². The van der Waals surface area contributed by atoms with E-state index >= 15 is 0 Å². The Morgan fingerprint density at radius 1 is 1.35 bits per heavy atom. The number of carboxylic acids is 1. The highest BCUT2D eigenvalue weighted by molar-refractivity contribution is 5.95. The van der Waals surface area contributed by atoms with Crippen molar-refractivity contribution < 1.29 is 19.8 Å². The standard InChI is InChI=1S/C11H14N2O4/c12-5-1-2-10(15)13-7-3-4-9(14)8(6-7)11(16)17/h3-4,6,14H,1-2,5,12H2,(H,13,15)(H,16,17). The molecule has 0 spiro atoms. The number of amides is 1. The van der Waals surface area contributed by atoms with Crippen LogP contribution in [-0.2, 0) is 4.79 Å². The third-order valence-corrected chi connectivity index (χ3v) is 2.12. The van der Waals surface area contributed by atoms with Crippen LogP contribution in [0.3, 0.4) is 0 Å². The molecule has 0 saturated carbocycles. The molecule has 0 aliphatic carbocycles. The molecule has 1 amide bonds. The maximum Gasteiger partial charge on any atom is 0.339 e. The lowest BCUT2D eigenvalue weighted by Gasteiger charge is -2.06. The summed E-state index contributed by atoms with van der Waals surface area (Å²) in [6.07, 6.45) is 0.843. The first-order valence-electron chi connectivity index (χ1n) is 5.11. The first kappa shape index (κ1) is 13.0. The van der Waals surface area contributed by atoms with Crippen molar-refractivity contribution in [2.45, 2.75) is 12.8 Å². The van der Waals surface area contributed by atoms with Crippen LogP contribution in [0, 0.1) is 0 Å². The van der Waals surface area contributed by atoms with E-state index in [0.717, 1.165) is 0 Å². The molecule has 1 rings (SSSR count). The summed E-state index contributed by atoms with van der Waals surface area (Å²) in [5.74, 6) is -1.82. The van der Waals surface area contributed by atoms with Gasteiger partial charge in [-0.05, 0) is 31.2 Å². The van der Waals surface area contributed by atoms with Gasteiger partial charge < -0.3 is 21.3 Å². The van der Waals surface area contributed by atoms with Crippen LogP contribution < -0.4 is 11.1 Å². The number of carbonyl (C=O) groups is 2. The van der Waals surface area contributed by atoms with Crippen molar-refractivity contribution in [1.82, 2.24) is 0 Å². The lowest BCUT2D eigenvalue weighted by Crippen LogP contribution is -2.13. The number of aromatic carboxylic acids is 1. The molecule has 5 N–H and O–H groups in total. The van der Waals surface area contributed by atoms with Crippen molar-refractivity contribution in [3.63, 3.8) is 0 Å². The maximum atomic E-state index is 11.4. The number of anilines is 1. The number of nitrogens with one attached hydrogen (secondary N) is 1. The summed E-state index contributed by atoms with van der Waals surface area (Å²) >= 11 is 0. The average molecular weight is 238 g/mol. The van der Waals surface area contributed by atoms with E-state index in [1.54, 1.807) is 0 Å². The van der Waals surface area contributed by atoms with E-state index in [0.29, 0.717) is 18.7 Å². The topological polar surface area (TPSA) is 113 Å². The first-order chi connectivity index (χ1) is 8.04. The van der Waals surface area contributed by atoms with Crippen molar-refractivity contribution in [2.75, 3.05) is 11.9 Å². The molecule has 92 valence electrons. The highest BCUT2D eigenvalue weighted by atomic mass is 16.4. The van der Waals surface area contributed by atoms with Crippen molar-refractivity contribution in [1.29, 1.82) is 0 Å². The third-order valence-electron chi connectivity index (χ3n) is 2.12. The molecule has 6 heteroatoms. The van der Waals surface area contributed by atoms with E-state index in [4.69, 9.17) is 10.8 Å². The number of nitrogens with two attached hydrogens (primary N) is 1. The summed E-state index contributed by atoms with van der Waals surface area (Å²) < 4.78 is 0. The molecule has 1 aromatic rings. The SMILES string of the molecule is NCCCC(=O)Nc1ccc(O)c(C(=O)O)c1. The predicted octanol–water partition coefficient (Wildman–Crippen LogP) is 0.768. The number of hydrogen-bond acceptors (Lipinski definition) is 4. The average Bonchev–Trinajstić information content (AvgIpc) is 2.28. The van der Waals surface area contributed by atoms with Crippen molar-refractivity contribution in [3.05, 3.63) is 23.8 Å². The van der Waals surface area contributed by atoms with Crippen LogP contribution in [0.2, 0.25) is 0 Å². The lowest BCUT2D eigenvalue weighted by molar-refractivity contribution is -0.116. The van der Waals surface area contributed by atoms with Crippen LogP contribution in [0.5, 0.6) is 5.75 Å². The predicted molar refractivity (Wildman–Crippen MR) is 62.0 cm³/mol. The minimum absolute atomic E-state index is 0.238. The molecular weight excluding hydrogens is 224 g/mol. The molecule has 0 aliphatic heterocycles. The molecule has 0 saturated heterocycles. The van der Waals surface area contributed by atoms with Gasteiger partial charge in [-0.3, -0.25) is 4.79 Å². The van der Waals surface area contributed by atoms with E-state index in [9.17, 15) is 14.7 Å². The van der Waals surface area contributed by atoms with Gasteiger partial charge >= 0.3 is 5.97 Å². The molecule has 0 radical (unpaired) electrons. The van der Waals surface area contributed by atoms with Gasteiger partial charge in [0.25, 0.3) is 0 Å². The fraction of sp³-hybridized carbons (Fsp3) is 0.273. The second-order valence-electron chi connectivity index (χ2n) is 3.48. The van der Waals surface area contributed by atoms with E-state index in [-0.39, 0.29) is 23.6 Å². The van der Waals surface area contributed by atoms with Crippen LogP contribution >= 0.6 is 0 Å². The molecule has 0 heterocycles. The fourth-order valence-electron chi connectivity index (χ4n) is 1.27. The molecule has 0 aromatic heterocycles. The van der Waals surface area contributed by atoms with Crippen LogP contribution in [0.15, 0.2) is 18.2 Å². The monoisotopic (exact) mass is 238 g/mol. The molecule has 0 atom stereocenters. The normalized spacial score (nSPS) is 9.94. The van der Waals surface area contributed by atoms with E-state index in [2.05, 4.69) is 5.32 Å². The van der Waals surface area contributed by atoms with Crippen molar-refractivity contribution >= 4 is 17.6 Å². The number of carboxylic acid groups (broad SMARTS) is 1. The molecule has 17 heavy (non-hydrogen) atoms. The van der Waals surface area contributed by atoms with Crippen LogP contribution in [0.4, 0.5) is 5.69 Å². The molecule has 0 bridgehead atoms. The second kappa shape index (κ2) is 5.86. The van der Waals surface area contributed by atoms with Gasteiger partial charge in [0, 0.05) is 12.1 Å². The number of rotatable bonds is 5. The Morgan fingerprint density at radius 3 is 2.65 bits per heavy atom. The molecule has 6 nitrogen and oxygen atoms in total. The number of benzene rings is 1. The Hall–Kier alpha value is -2.08. The zero-order chi connectivity index (χ0) is 12.8. The van der Waals surface area contributed by atoms with Gasteiger partial charge in [0.05, 0.1) is 0 Å². The zero-order valence-corrected chi connectivity index (χ0v) is 9.14. The minimum Gasteiger partial charge on any atom is -0.507 e. The summed E-state index contributed by atoms with van der Waals surface area (Å²) in [6.45, 7) is 0.420. The first-order valence-corrected chi connectivity index (χ1v) is 5.11. The molecule has 0 unspecified atom stereocenters. The number of aromatic hydroxyl groups is 1. The Bertz CT molecular complexity index is 431. The highest BCUT2D eigenvalue weighted by Crippen LogP contribution is 2.21. The number of carbonyl (C=O) groups excluding carboxylic acids is 1. The van der Waals surface area contributed by atoms with Gasteiger partial charge in [0.2, 0.25) is 5.91 Å². The summed E-state index contributed by atoms with van der Waals surface area (Å²) in [5.41, 5.74) is 5.35. The van der Waals surface area contributed by atoms with Gasteiger partial charge in [0.15, 0.2) is 0 Å². The van der Waals surface area contributed by atoms with Crippen molar-refractivity contribution in [3.8, 4) is 5.75 Å². The Kier molecular flexibility index (Phi) is 4.47. The third kappa shape index (κ3) is 3.76. The Labute approximate surface area is 98.1 Å². The Morgan fingerprint density at radius 2 is 2.06 bits per heavy atom. The van der Waals surface area contributed by atoms with E-state index < -0.39 is 5.97 Å². The minimum atomic E-state index is -1.25. The van der Waals surface area contributed by atoms with Gasteiger partial charge in [-0.15, -0.1) is 0 Å².